The van der Waals surface area contributed by atoms with Gasteiger partial charge < -0.3 is 15.6 Å². The second kappa shape index (κ2) is 9.54. The second-order valence-electron chi connectivity index (χ2n) is 5.35. The lowest BCUT2D eigenvalue weighted by Gasteiger charge is -2.07. The molecule has 126 valence electrons. The largest absolute Gasteiger partial charge is 0.370 e. The first-order chi connectivity index (χ1) is 10.6. The summed E-state index contributed by atoms with van der Waals surface area (Å²) in [7, 11) is 0. The van der Waals surface area contributed by atoms with Crippen molar-refractivity contribution < 1.29 is 4.52 Å². The van der Waals surface area contributed by atoms with E-state index in [1.807, 2.05) is 26.0 Å². The fourth-order valence-electron chi connectivity index (χ4n) is 2.37. The highest BCUT2D eigenvalue weighted by Gasteiger charge is 2.07. The Morgan fingerprint density at radius 1 is 1.35 bits per heavy atom. The lowest BCUT2D eigenvalue weighted by atomic mass is 10.1. The van der Waals surface area contributed by atoms with Gasteiger partial charge >= 0.3 is 0 Å². The third-order valence-corrected chi connectivity index (χ3v) is 3.66. The maximum absolute atomic E-state index is 5.92. The van der Waals surface area contributed by atoms with Gasteiger partial charge in [0.1, 0.15) is 5.76 Å². The van der Waals surface area contributed by atoms with Gasteiger partial charge in [-0.2, -0.15) is 0 Å². The first-order valence-corrected chi connectivity index (χ1v) is 7.67. The molecule has 6 heteroatoms. The van der Waals surface area contributed by atoms with Crippen molar-refractivity contribution in [3.63, 3.8) is 0 Å². The molecule has 2 aromatic rings. The lowest BCUT2D eigenvalue weighted by molar-refractivity contribution is 0.392. The van der Waals surface area contributed by atoms with Crippen LogP contribution in [0.25, 0.3) is 0 Å². The zero-order chi connectivity index (χ0) is 15.9. The molecule has 0 saturated heterocycles. The van der Waals surface area contributed by atoms with Gasteiger partial charge in [-0.1, -0.05) is 24.2 Å². The molecule has 1 aromatic heterocycles. The molecule has 0 aliphatic heterocycles. The topological polar surface area (TPSA) is 76.4 Å². The van der Waals surface area contributed by atoms with Gasteiger partial charge in [0.2, 0.25) is 0 Å². The first-order valence-electron chi connectivity index (χ1n) is 7.67. The Labute approximate surface area is 154 Å². The van der Waals surface area contributed by atoms with Crippen LogP contribution in [-0.2, 0) is 12.8 Å². The molecule has 1 heterocycles. The number of hydrogen-bond acceptors (Lipinski definition) is 3. The van der Waals surface area contributed by atoms with Crippen molar-refractivity contribution in [3.05, 3.63) is 46.8 Å². The van der Waals surface area contributed by atoms with Crippen LogP contribution in [0.15, 0.2) is 33.8 Å². The summed E-state index contributed by atoms with van der Waals surface area (Å²) in [5.41, 5.74) is 10.3. The van der Waals surface area contributed by atoms with Crippen molar-refractivity contribution in [1.29, 1.82) is 0 Å². The molecule has 0 radical (unpaired) electrons. The number of guanidine groups is 1. The van der Waals surface area contributed by atoms with Crippen molar-refractivity contribution in [2.24, 2.45) is 10.7 Å². The summed E-state index contributed by atoms with van der Waals surface area (Å²) >= 11 is 0. The molecule has 0 aliphatic carbocycles. The van der Waals surface area contributed by atoms with E-state index in [0.29, 0.717) is 12.5 Å². The Hall–Kier alpha value is -1.57. The first kappa shape index (κ1) is 19.5. The summed E-state index contributed by atoms with van der Waals surface area (Å²) in [5, 5.41) is 7.08. The lowest BCUT2D eigenvalue weighted by Crippen LogP contribution is -2.23. The summed E-state index contributed by atoms with van der Waals surface area (Å²) in [4.78, 5) is 4.37. The number of nitrogens with two attached hydrogens (primary N) is 1. The number of rotatable bonds is 6. The Kier molecular flexibility index (Phi) is 8.08. The minimum Gasteiger partial charge on any atom is -0.370 e. The zero-order valence-electron chi connectivity index (χ0n) is 13.9. The molecule has 0 spiro atoms. The number of aryl methyl sites for hydroxylation is 3. The number of nitrogens with zero attached hydrogens (tertiary/aromatic N) is 2. The maximum atomic E-state index is 5.92. The Morgan fingerprint density at radius 2 is 2.13 bits per heavy atom. The van der Waals surface area contributed by atoms with Gasteiger partial charge in [-0.3, -0.25) is 4.99 Å². The fourth-order valence-corrected chi connectivity index (χ4v) is 2.37. The van der Waals surface area contributed by atoms with Crippen LogP contribution in [0, 0.1) is 13.8 Å². The molecule has 0 atom stereocenters. The number of aliphatic imine (C=N–C) groups is 1. The molecule has 0 unspecified atom stereocenters. The summed E-state index contributed by atoms with van der Waals surface area (Å²) in [6, 6.07) is 8.20. The molecule has 3 N–H and O–H groups in total. The van der Waals surface area contributed by atoms with Crippen LogP contribution < -0.4 is 11.1 Å². The van der Waals surface area contributed by atoms with Crippen molar-refractivity contribution in [2.45, 2.75) is 40.0 Å². The van der Waals surface area contributed by atoms with Gasteiger partial charge in [0.25, 0.3) is 0 Å². The Balaban J connectivity index is 0.00000264. The van der Waals surface area contributed by atoms with Crippen LogP contribution in [0.4, 0.5) is 5.69 Å². The smallest absolute Gasteiger partial charge is 0.193 e. The number of anilines is 1. The third-order valence-electron chi connectivity index (χ3n) is 3.66. The summed E-state index contributed by atoms with van der Waals surface area (Å²) in [5.74, 6) is 1.34. The van der Waals surface area contributed by atoms with Gasteiger partial charge in [0.15, 0.2) is 5.96 Å². The van der Waals surface area contributed by atoms with Gasteiger partial charge in [0.05, 0.1) is 5.69 Å². The van der Waals surface area contributed by atoms with Crippen molar-refractivity contribution in [1.82, 2.24) is 5.16 Å². The summed E-state index contributed by atoms with van der Waals surface area (Å²) in [6.07, 6.45) is 2.83. The van der Waals surface area contributed by atoms with Gasteiger partial charge in [-0.15, -0.1) is 24.0 Å². The quantitative estimate of drug-likeness (QED) is 0.317. The van der Waals surface area contributed by atoms with Crippen molar-refractivity contribution >= 4 is 35.6 Å². The van der Waals surface area contributed by atoms with Crippen LogP contribution in [0.1, 0.15) is 35.9 Å². The second-order valence-corrected chi connectivity index (χ2v) is 5.35. The van der Waals surface area contributed by atoms with Crippen molar-refractivity contribution in [2.75, 3.05) is 11.9 Å². The van der Waals surface area contributed by atoms with Gasteiger partial charge in [-0.05, 0) is 50.8 Å². The standard InChI is InChI=1S/C17H24N4O.HI/c1-4-14-7-5-8-15(11-14)20-17(18)19-10-6-9-16-12(2)21-22-13(16)3;/h5,7-8,11H,4,6,9-10H2,1-3H3,(H3,18,19,20);1H. The normalized spacial score (nSPS) is 11.2. The highest BCUT2D eigenvalue weighted by molar-refractivity contribution is 14.0. The van der Waals surface area contributed by atoms with E-state index in [1.54, 1.807) is 0 Å². The van der Waals surface area contributed by atoms with E-state index in [4.69, 9.17) is 10.3 Å². The van der Waals surface area contributed by atoms with Crippen LogP contribution >= 0.6 is 24.0 Å². The molecule has 0 fully saturated rings. The predicted molar refractivity (Wildman–Crippen MR) is 106 cm³/mol. The molecule has 0 saturated carbocycles. The zero-order valence-corrected chi connectivity index (χ0v) is 16.3. The Bertz CT molecular complexity index is 632. The van der Waals surface area contributed by atoms with E-state index in [2.05, 4.69) is 34.5 Å². The van der Waals surface area contributed by atoms with E-state index >= 15 is 0 Å². The number of nitrogens with one attached hydrogen (secondary N) is 1. The average Bonchev–Trinajstić information content (AvgIpc) is 2.83. The van der Waals surface area contributed by atoms with E-state index < -0.39 is 0 Å². The number of benzene rings is 1. The Morgan fingerprint density at radius 3 is 2.78 bits per heavy atom. The fraction of sp³-hybridized carbons (Fsp3) is 0.412. The molecule has 0 aliphatic rings. The van der Waals surface area contributed by atoms with Crippen LogP contribution in [0.3, 0.4) is 0 Å². The highest BCUT2D eigenvalue weighted by Crippen LogP contribution is 2.14. The minimum absolute atomic E-state index is 0. The molecule has 5 nitrogen and oxygen atoms in total. The molecular weight excluding hydrogens is 403 g/mol. The molecule has 1 aromatic carbocycles. The van der Waals surface area contributed by atoms with Crippen LogP contribution in [0.5, 0.6) is 0 Å². The van der Waals surface area contributed by atoms with Crippen LogP contribution in [0.2, 0.25) is 0 Å². The highest BCUT2D eigenvalue weighted by atomic mass is 127. The van der Waals surface area contributed by atoms with Gasteiger partial charge in [0, 0.05) is 17.8 Å². The number of aromatic nitrogens is 1. The van der Waals surface area contributed by atoms with Crippen molar-refractivity contribution in [3.8, 4) is 0 Å². The minimum atomic E-state index is 0. The number of halogens is 1. The summed E-state index contributed by atoms with van der Waals surface area (Å²) in [6.45, 7) is 6.71. The molecule has 0 amide bonds. The monoisotopic (exact) mass is 428 g/mol. The predicted octanol–water partition coefficient (Wildman–Crippen LogP) is 3.83. The molecule has 2 rings (SSSR count). The average molecular weight is 428 g/mol. The van der Waals surface area contributed by atoms with E-state index in [-0.39, 0.29) is 24.0 Å². The maximum Gasteiger partial charge on any atom is 0.193 e. The SMILES string of the molecule is CCc1cccc(NC(N)=NCCCc2c(C)noc2C)c1.I. The van der Waals surface area contributed by atoms with E-state index in [1.165, 1.54) is 11.1 Å². The van der Waals surface area contributed by atoms with Crippen LogP contribution in [-0.4, -0.2) is 17.7 Å². The summed E-state index contributed by atoms with van der Waals surface area (Å²) < 4.78 is 5.15. The molecule has 0 bridgehead atoms. The molecule has 23 heavy (non-hydrogen) atoms. The van der Waals surface area contributed by atoms with E-state index in [9.17, 15) is 0 Å². The molecular formula is C17H25IN4O. The van der Waals surface area contributed by atoms with Gasteiger partial charge in [-0.25, -0.2) is 0 Å². The third kappa shape index (κ3) is 5.85. The van der Waals surface area contributed by atoms with E-state index in [0.717, 1.165) is 36.4 Å². The number of hydrogen-bond donors (Lipinski definition) is 2.